The van der Waals surface area contributed by atoms with Crippen LogP contribution in [0.25, 0.3) is 0 Å². The molecule has 0 bridgehead atoms. The van der Waals surface area contributed by atoms with Gasteiger partial charge in [-0.05, 0) is 26.5 Å². The summed E-state index contributed by atoms with van der Waals surface area (Å²) in [5, 5.41) is 31.6. The Balaban J connectivity index is 3.06. The Hall–Kier alpha value is -2.06. The van der Waals surface area contributed by atoms with Gasteiger partial charge in [0.05, 0.1) is 21.5 Å². The van der Waals surface area contributed by atoms with Crippen LogP contribution < -0.4 is 0 Å². The van der Waals surface area contributed by atoms with Crippen molar-refractivity contribution < 1.29 is 15.0 Å². The first-order chi connectivity index (χ1) is 9.64. The molecule has 0 atom stereocenters. The SMILES string of the molecule is CCN(Cc1ccc([N+](=O)[O-])cc1[N+](=O)[O-])CC(C)(C)O. The molecule has 8 heteroatoms. The summed E-state index contributed by atoms with van der Waals surface area (Å²) in [6.45, 7) is 6.37. The molecule has 0 amide bonds. The Morgan fingerprint density at radius 1 is 1.24 bits per heavy atom. The van der Waals surface area contributed by atoms with Gasteiger partial charge < -0.3 is 5.11 Å². The summed E-state index contributed by atoms with van der Waals surface area (Å²) < 4.78 is 0. The third-order valence-corrected chi connectivity index (χ3v) is 2.93. The third kappa shape index (κ3) is 5.09. The molecule has 1 aromatic carbocycles. The molecule has 0 aromatic heterocycles. The summed E-state index contributed by atoms with van der Waals surface area (Å²) in [4.78, 5) is 22.3. The van der Waals surface area contributed by atoms with Crippen LogP contribution in [-0.2, 0) is 6.54 Å². The van der Waals surface area contributed by atoms with Gasteiger partial charge in [0.2, 0.25) is 0 Å². The molecule has 0 spiro atoms. The average Bonchev–Trinajstić information content (AvgIpc) is 2.36. The van der Waals surface area contributed by atoms with Crippen molar-refractivity contribution in [1.29, 1.82) is 0 Å². The molecule has 0 saturated carbocycles. The van der Waals surface area contributed by atoms with Gasteiger partial charge in [0, 0.05) is 24.7 Å². The lowest BCUT2D eigenvalue weighted by molar-refractivity contribution is -0.394. The third-order valence-electron chi connectivity index (χ3n) is 2.93. The molecule has 21 heavy (non-hydrogen) atoms. The fraction of sp³-hybridized carbons (Fsp3) is 0.538. The topological polar surface area (TPSA) is 110 Å². The molecule has 0 heterocycles. The van der Waals surface area contributed by atoms with Gasteiger partial charge in [-0.2, -0.15) is 0 Å². The highest BCUT2D eigenvalue weighted by Gasteiger charge is 2.23. The van der Waals surface area contributed by atoms with E-state index in [-0.39, 0.29) is 17.9 Å². The largest absolute Gasteiger partial charge is 0.389 e. The molecular weight excluding hydrogens is 278 g/mol. The van der Waals surface area contributed by atoms with Crippen molar-refractivity contribution in [3.05, 3.63) is 44.0 Å². The zero-order valence-electron chi connectivity index (χ0n) is 12.3. The molecule has 0 radical (unpaired) electrons. The Bertz CT molecular complexity index is 539. The van der Waals surface area contributed by atoms with Crippen molar-refractivity contribution in [1.82, 2.24) is 4.90 Å². The van der Waals surface area contributed by atoms with Crippen molar-refractivity contribution in [3.8, 4) is 0 Å². The van der Waals surface area contributed by atoms with E-state index in [1.54, 1.807) is 13.8 Å². The quantitative estimate of drug-likeness (QED) is 0.609. The lowest BCUT2D eigenvalue weighted by Crippen LogP contribution is -2.38. The Morgan fingerprint density at radius 3 is 2.29 bits per heavy atom. The van der Waals surface area contributed by atoms with E-state index in [1.807, 2.05) is 11.8 Å². The second-order valence-corrected chi connectivity index (χ2v) is 5.44. The van der Waals surface area contributed by atoms with Gasteiger partial charge in [0.15, 0.2) is 0 Å². The van der Waals surface area contributed by atoms with Gasteiger partial charge in [-0.1, -0.05) is 6.92 Å². The van der Waals surface area contributed by atoms with E-state index >= 15 is 0 Å². The highest BCUT2D eigenvalue weighted by Crippen LogP contribution is 2.26. The highest BCUT2D eigenvalue weighted by molar-refractivity contribution is 5.49. The van der Waals surface area contributed by atoms with E-state index in [4.69, 9.17) is 0 Å². The summed E-state index contributed by atoms with van der Waals surface area (Å²) in [5.74, 6) is 0. The predicted octanol–water partition coefficient (Wildman–Crippen LogP) is 2.10. The van der Waals surface area contributed by atoms with E-state index in [1.165, 1.54) is 12.1 Å². The number of nitro groups is 2. The first-order valence-electron chi connectivity index (χ1n) is 6.50. The van der Waals surface area contributed by atoms with Crippen LogP contribution in [0, 0.1) is 20.2 Å². The molecule has 1 aromatic rings. The highest BCUT2D eigenvalue weighted by atomic mass is 16.6. The Kier molecular flexibility index (Phi) is 5.34. The van der Waals surface area contributed by atoms with Crippen LogP contribution in [0.4, 0.5) is 11.4 Å². The molecule has 1 N–H and O–H groups in total. The minimum Gasteiger partial charge on any atom is -0.389 e. The van der Waals surface area contributed by atoms with Crippen molar-refractivity contribution in [2.24, 2.45) is 0 Å². The second-order valence-electron chi connectivity index (χ2n) is 5.44. The number of aliphatic hydroxyl groups is 1. The van der Waals surface area contributed by atoms with Gasteiger partial charge >= 0.3 is 0 Å². The molecular formula is C13H19N3O5. The average molecular weight is 297 g/mol. The van der Waals surface area contributed by atoms with E-state index in [9.17, 15) is 25.3 Å². The predicted molar refractivity (Wildman–Crippen MR) is 77.0 cm³/mol. The van der Waals surface area contributed by atoms with E-state index < -0.39 is 15.4 Å². The first kappa shape index (κ1) is 17.0. The molecule has 0 saturated heterocycles. The zero-order chi connectivity index (χ0) is 16.2. The summed E-state index contributed by atoms with van der Waals surface area (Å²) >= 11 is 0. The van der Waals surface area contributed by atoms with E-state index in [0.29, 0.717) is 18.7 Å². The number of benzene rings is 1. The van der Waals surface area contributed by atoms with Gasteiger partial charge in [-0.3, -0.25) is 25.1 Å². The molecule has 0 aliphatic rings. The number of non-ortho nitro benzene ring substituents is 1. The first-order valence-corrected chi connectivity index (χ1v) is 6.50. The summed E-state index contributed by atoms with van der Waals surface area (Å²) in [6, 6.07) is 3.61. The molecule has 0 aliphatic heterocycles. The smallest absolute Gasteiger partial charge is 0.280 e. The number of nitro benzene ring substituents is 2. The summed E-state index contributed by atoms with van der Waals surface area (Å²) in [5.41, 5.74) is -1.13. The van der Waals surface area contributed by atoms with Crippen molar-refractivity contribution in [2.75, 3.05) is 13.1 Å². The molecule has 116 valence electrons. The number of hydrogen-bond donors (Lipinski definition) is 1. The number of likely N-dealkylation sites (N-methyl/N-ethyl adjacent to an activating group) is 1. The normalized spacial score (nSPS) is 11.7. The maximum absolute atomic E-state index is 11.1. The molecule has 0 unspecified atom stereocenters. The molecule has 1 rings (SSSR count). The fourth-order valence-electron chi connectivity index (χ4n) is 2.04. The molecule has 8 nitrogen and oxygen atoms in total. The van der Waals surface area contributed by atoms with Crippen molar-refractivity contribution >= 4 is 11.4 Å². The van der Waals surface area contributed by atoms with Crippen molar-refractivity contribution in [2.45, 2.75) is 32.9 Å². The fourth-order valence-corrected chi connectivity index (χ4v) is 2.04. The van der Waals surface area contributed by atoms with E-state index in [0.717, 1.165) is 6.07 Å². The maximum Gasteiger partial charge on any atom is 0.280 e. The van der Waals surface area contributed by atoms with Crippen molar-refractivity contribution in [3.63, 3.8) is 0 Å². The van der Waals surface area contributed by atoms with Crippen LogP contribution >= 0.6 is 0 Å². The van der Waals surface area contributed by atoms with Crippen LogP contribution in [-0.4, -0.2) is 38.5 Å². The van der Waals surface area contributed by atoms with Gasteiger partial charge in [0.25, 0.3) is 11.4 Å². The number of rotatable bonds is 7. The Morgan fingerprint density at radius 2 is 1.86 bits per heavy atom. The second kappa shape index (κ2) is 6.59. The molecule has 0 fully saturated rings. The van der Waals surface area contributed by atoms with Crippen LogP contribution in [0.2, 0.25) is 0 Å². The zero-order valence-corrected chi connectivity index (χ0v) is 12.3. The van der Waals surface area contributed by atoms with Gasteiger partial charge in [-0.15, -0.1) is 0 Å². The monoisotopic (exact) mass is 297 g/mol. The minimum absolute atomic E-state index is 0.245. The van der Waals surface area contributed by atoms with Crippen LogP contribution in [0.5, 0.6) is 0 Å². The van der Waals surface area contributed by atoms with Crippen LogP contribution in [0.1, 0.15) is 26.3 Å². The number of nitrogens with zero attached hydrogens (tertiary/aromatic N) is 3. The standard InChI is InChI=1S/C13H19N3O5/c1-4-14(9-13(2,3)17)8-10-5-6-11(15(18)19)7-12(10)16(20)21/h5-7,17H,4,8-9H2,1-3H3. The maximum atomic E-state index is 11.1. The summed E-state index contributed by atoms with van der Waals surface area (Å²) in [7, 11) is 0. The van der Waals surface area contributed by atoms with E-state index in [2.05, 4.69) is 0 Å². The summed E-state index contributed by atoms with van der Waals surface area (Å²) in [6.07, 6.45) is 0. The van der Waals surface area contributed by atoms with Crippen LogP contribution in [0.15, 0.2) is 18.2 Å². The number of hydrogen-bond acceptors (Lipinski definition) is 6. The van der Waals surface area contributed by atoms with Gasteiger partial charge in [0.1, 0.15) is 0 Å². The van der Waals surface area contributed by atoms with Gasteiger partial charge in [-0.25, -0.2) is 0 Å². The lowest BCUT2D eigenvalue weighted by Gasteiger charge is -2.27. The lowest BCUT2D eigenvalue weighted by atomic mass is 10.1. The Labute approximate surface area is 122 Å². The minimum atomic E-state index is -0.925. The van der Waals surface area contributed by atoms with Crippen LogP contribution in [0.3, 0.4) is 0 Å². The molecule has 0 aliphatic carbocycles.